The molecule has 0 fully saturated rings. The van der Waals surface area contributed by atoms with Crippen LogP contribution in [0.25, 0.3) is 0 Å². The van der Waals surface area contributed by atoms with E-state index in [1.807, 2.05) is 12.2 Å². The van der Waals surface area contributed by atoms with Gasteiger partial charge in [0.2, 0.25) is 0 Å². The molecule has 86 valence electrons. The summed E-state index contributed by atoms with van der Waals surface area (Å²) in [4.78, 5) is 0. The second kappa shape index (κ2) is 5.96. The molecule has 0 saturated heterocycles. The van der Waals surface area contributed by atoms with Crippen LogP contribution in [0.3, 0.4) is 0 Å². The van der Waals surface area contributed by atoms with Gasteiger partial charge in [-0.25, -0.2) is 0 Å². The zero-order valence-electron chi connectivity index (χ0n) is 9.84. The van der Waals surface area contributed by atoms with Crippen molar-refractivity contribution in [1.82, 2.24) is 0 Å². The molecule has 0 radical (unpaired) electrons. The van der Waals surface area contributed by atoms with E-state index in [0.29, 0.717) is 0 Å². The molecule has 1 unspecified atom stereocenters. The van der Waals surface area contributed by atoms with Crippen molar-refractivity contribution < 1.29 is 0 Å². The van der Waals surface area contributed by atoms with Crippen molar-refractivity contribution >= 4 is 0 Å². The van der Waals surface area contributed by atoms with Crippen LogP contribution in [0, 0.1) is 0 Å². The summed E-state index contributed by atoms with van der Waals surface area (Å²) in [5, 5.41) is 0. The summed E-state index contributed by atoms with van der Waals surface area (Å²) >= 11 is 0. The average Bonchev–Trinajstić information content (AvgIpc) is 2.17. The van der Waals surface area contributed by atoms with Crippen LogP contribution in [0.2, 0.25) is 0 Å². The van der Waals surface area contributed by atoms with Gasteiger partial charge in [0.25, 0.3) is 0 Å². The summed E-state index contributed by atoms with van der Waals surface area (Å²) in [6.45, 7) is 2.24. The van der Waals surface area contributed by atoms with Gasteiger partial charge < -0.3 is 11.5 Å². The third-order valence-electron chi connectivity index (χ3n) is 3.02. The van der Waals surface area contributed by atoms with E-state index in [2.05, 4.69) is 13.0 Å². The smallest absolute Gasteiger partial charge is 0.0397 e. The van der Waals surface area contributed by atoms with Crippen molar-refractivity contribution in [3.05, 3.63) is 23.9 Å². The Labute approximate surface area is 93.4 Å². The van der Waals surface area contributed by atoms with Crippen molar-refractivity contribution in [2.75, 3.05) is 0 Å². The number of hydrogen-bond acceptors (Lipinski definition) is 2. The molecule has 1 atom stereocenters. The van der Waals surface area contributed by atoms with Gasteiger partial charge in [-0.15, -0.1) is 0 Å². The summed E-state index contributed by atoms with van der Waals surface area (Å²) in [6, 6.07) is 0. The first kappa shape index (κ1) is 12.3. The van der Waals surface area contributed by atoms with Crippen LogP contribution in [0.15, 0.2) is 23.9 Å². The van der Waals surface area contributed by atoms with Crippen LogP contribution in [0.1, 0.15) is 51.9 Å². The minimum Gasteiger partial charge on any atom is -0.402 e. The molecular weight excluding hydrogens is 184 g/mol. The average molecular weight is 208 g/mol. The first-order valence-electron chi connectivity index (χ1n) is 6.09. The molecule has 0 spiro atoms. The van der Waals surface area contributed by atoms with Crippen molar-refractivity contribution in [2.24, 2.45) is 11.5 Å². The number of nitrogens with two attached hydrogens (primary N) is 2. The Kier molecular flexibility index (Phi) is 4.89. The van der Waals surface area contributed by atoms with Gasteiger partial charge in [0.05, 0.1) is 0 Å². The molecule has 0 amide bonds. The SMILES string of the molecule is CCCCCCCC1(N)C=CC=C(N)C1. The predicted octanol–water partition coefficient (Wildman–Crippen LogP) is 2.85. The summed E-state index contributed by atoms with van der Waals surface area (Å²) in [5.41, 5.74) is 12.8. The molecule has 0 bridgehead atoms. The normalized spacial score (nSPS) is 25.3. The van der Waals surface area contributed by atoms with Crippen LogP contribution in [-0.2, 0) is 0 Å². The lowest BCUT2D eigenvalue weighted by molar-refractivity contribution is 0.443. The minimum absolute atomic E-state index is 0.176. The quantitative estimate of drug-likeness (QED) is 0.659. The summed E-state index contributed by atoms with van der Waals surface area (Å²) in [5.74, 6) is 0. The third kappa shape index (κ3) is 4.52. The Morgan fingerprint density at radius 2 is 2.00 bits per heavy atom. The van der Waals surface area contributed by atoms with Crippen LogP contribution in [-0.4, -0.2) is 5.54 Å². The van der Waals surface area contributed by atoms with E-state index < -0.39 is 0 Å². The maximum absolute atomic E-state index is 6.26. The van der Waals surface area contributed by atoms with E-state index in [0.717, 1.165) is 18.5 Å². The van der Waals surface area contributed by atoms with Gasteiger partial charge in [0, 0.05) is 17.7 Å². The second-order valence-corrected chi connectivity index (χ2v) is 4.67. The van der Waals surface area contributed by atoms with Crippen molar-refractivity contribution in [2.45, 2.75) is 57.4 Å². The van der Waals surface area contributed by atoms with Crippen molar-refractivity contribution in [3.8, 4) is 0 Å². The largest absolute Gasteiger partial charge is 0.402 e. The molecule has 1 aliphatic rings. The third-order valence-corrected chi connectivity index (χ3v) is 3.02. The molecule has 1 aliphatic carbocycles. The Hall–Kier alpha value is -0.760. The fourth-order valence-corrected chi connectivity index (χ4v) is 2.09. The molecule has 4 N–H and O–H groups in total. The summed E-state index contributed by atoms with van der Waals surface area (Å²) < 4.78 is 0. The molecule has 1 rings (SSSR count). The molecule has 0 heterocycles. The molecule has 0 saturated carbocycles. The number of allylic oxidation sites excluding steroid dienone is 2. The van der Waals surface area contributed by atoms with E-state index in [1.54, 1.807) is 0 Å². The summed E-state index contributed by atoms with van der Waals surface area (Å²) in [7, 11) is 0. The molecule has 0 aliphatic heterocycles. The van der Waals surface area contributed by atoms with Crippen LogP contribution >= 0.6 is 0 Å². The number of hydrogen-bond donors (Lipinski definition) is 2. The highest BCUT2D eigenvalue weighted by Crippen LogP contribution is 2.24. The first-order chi connectivity index (χ1) is 7.16. The standard InChI is InChI=1S/C13H24N2/c1-2-3-4-5-6-9-13(15)10-7-8-12(14)11-13/h7-8,10H,2-6,9,11,14-15H2,1H3. The Morgan fingerprint density at radius 3 is 2.67 bits per heavy atom. The maximum Gasteiger partial charge on any atom is 0.0397 e. The van der Waals surface area contributed by atoms with Gasteiger partial charge in [-0.05, 0) is 12.5 Å². The van der Waals surface area contributed by atoms with Gasteiger partial charge in [-0.2, -0.15) is 0 Å². The molecule has 0 aromatic heterocycles. The van der Waals surface area contributed by atoms with E-state index in [4.69, 9.17) is 11.5 Å². The monoisotopic (exact) mass is 208 g/mol. The maximum atomic E-state index is 6.26. The molecule has 15 heavy (non-hydrogen) atoms. The fourth-order valence-electron chi connectivity index (χ4n) is 2.09. The number of unbranched alkanes of at least 4 members (excludes halogenated alkanes) is 4. The van der Waals surface area contributed by atoms with E-state index in [-0.39, 0.29) is 5.54 Å². The van der Waals surface area contributed by atoms with Crippen LogP contribution in [0.5, 0.6) is 0 Å². The highest BCUT2D eigenvalue weighted by atomic mass is 14.8. The Balaban J connectivity index is 2.20. The molecule has 0 aromatic rings. The van der Waals surface area contributed by atoms with Gasteiger partial charge in [0.15, 0.2) is 0 Å². The zero-order valence-corrected chi connectivity index (χ0v) is 9.84. The van der Waals surface area contributed by atoms with Crippen LogP contribution in [0.4, 0.5) is 0 Å². The minimum atomic E-state index is -0.176. The number of rotatable bonds is 6. The molecular formula is C13H24N2. The van der Waals surface area contributed by atoms with E-state index in [1.165, 1.54) is 32.1 Å². The Bertz CT molecular complexity index is 243. The lowest BCUT2D eigenvalue weighted by atomic mass is 9.85. The molecule has 0 aromatic carbocycles. The van der Waals surface area contributed by atoms with Gasteiger partial charge >= 0.3 is 0 Å². The highest BCUT2D eigenvalue weighted by molar-refractivity contribution is 5.24. The van der Waals surface area contributed by atoms with Gasteiger partial charge in [0.1, 0.15) is 0 Å². The zero-order chi connectivity index (χ0) is 11.1. The first-order valence-corrected chi connectivity index (χ1v) is 6.09. The van der Waals surface area contributed by atoms with Crippen molar-refractivity contribution in [3.63, 3.8) is 0 Å². The van der Waals surface area contributed by atoms with Crippen LogP contribution < -0.4 is 11.5 Å². The van der Waals surface area contributed by atoms with Gasteiger partial charge in [-0.3, -0.25) is 0 Å². The fraction of sp³-hybridized carbons (Fsp3) is 0.692. The van der Waals surface area contributed by atoms with Gasteiger partial charge in [-0.1, -0.05) is 51.2 Å². The predicted molar refractivity (Wildman–Crippen MR) is 66.3 cm³/mol. The lowest BCUT2D eigenvalue weighted by Crippen LogP contribution is -2.40. The highest BCUT2D eigenvalue weighted by Gasteiger charge is 2.23. The lowest BCUT2D eigenvalue weighted by Gasteiger charge is -2.28. The van der Waals surface area contributed by atoms with Crippen molar-refractivity contribution in [1.29, 1.82) is 0 Å². The second-order valence-electron chi connectivity index (χ2n) is 4.67. The summed E-state index contributed by atoms with van der Waals surface area (Å²) in [6.07, 6.45) is 14.4. The Morgan fingerprint density at radius 1 is 1.27 bits per heavy atom. The topological polar surface area (TPSA) is 52.0 Å². The molecule has 2 heteroatoms. The van der Waals surface area contributed by atoms with E-state index in [9.17, 15) is 0 Å². The van der Waals surface area contributed by atoms with E-state index >= 15 is 0 Å². The molecule has 2 nitrogen and oxygen atoms in total.